The summed E-state index contributed by atoms with van der Waals surface area (Å²) in [5, 5.41) is 0. The number of hydrogen-bond acceptors (Lipinski definition) is 3. The van der Waals surface area contributed by atoms with Crippen LogP contribution in [0.4, 0.5) is 0 Å². The number of hydrogen-bond donors (Lipinski definition) is 0. The molecule has 3 heteroatoms. The lowest BCUT2D eigenvalue weighted by Crippen LogP contribution is -2.36. The maximum atomic E-state index is 12.1. The lowest BCUT2D eigenvalue weighted by Gasteiger charge is -2.31. The van der Waals surface area contributed by atoms with Gasteiger partial charge in [0.15, 0.2) is 0 Å². The smallest absolute Gasteiger partial charge is 0.137 e. The van der Waals surface area contributed by atoms with Crippen molar-refractivity contribution in [2.24, 2.45) is 11.8 Å². The predicted octanol–water partition coefficient (Wildman–Crippen LogP) is 3.50. The van der Waals surface area contributed by atoms with Crippen LogP contribution in [0.3, 0.4) is 0 Å². The van der Waals surface area contributed by atoms with E-state index >= 15 is 0 Å². The highest BCUT2D eigenvalue weighted by Crippen LogP contribution is 2.29. The van der Waals surface area contributed by atoms with Crippen LogP contribution < -0.4 is 0 Å². The Morgan fingerprint density at radius 1 is 1.42 bits per heavy atom. The van der Waals surface area contributed by atoms with Gasteiger partial charge in [0.05, 0.1) is 12.8 Å². The largest absolute Gasteiger partial charge is 0.468 e. The Balaban J connectivity index is 1.91. The molecule has 0 spiro atoms. The predicted molar refractivity (Wildman–Crippen MR) is 75.8 cm³/mol. The summed E-state index contributed by atoms with van der Waals surface area (Å²) in [4.78, 5) is 14.4. The fraction of sp³-hybridized carbons (Fsp3) is 0.688. The molecular weight excluding hydrogens is 238 g/mol. The van der Waals surface area contributed by atoms with Gasteiger partial charge in [-0.25, -0.2) is 0 Å². The highest BCUT2D eigenvalue weighted by Gasteiger charge is 2.29. The van der Waals surface area contributed by atoms with Gasteiger partial charge in [-0.3, -0.25) is 9.69 Å². The van der Waals surface area contributed by atoms with Gasteiger partial charge in [0.1, 0.15) is 11.5 Å². The first kappa shape index (κ1) is 14.3. The molecule has 106 valence electrons. The van der Waals surface area contributed by atoms with E-state index in [4.69, 9.17) is 4.42 Å². The van der Waals surface area contributed by atoms with E-state index in [9.17, 15) is 4.79 Å². The van der Waals surface area contributed by atoms with E-state index in [0.717, 1.165) is 50.6 Å². The van der Waals surface area contributed by atoms with Crippen molar-refractivity contribution < 1.29 is 9.21 Å². The number of ketones is 1. The van der Waals surface area contributed by atoms with Gasteiger partial charge in [0, 0.05) is 18.9 Å². The van der Waals surface area contributed by atoms with Gasteiger partial charge in [-0.2, -0.15) is 0 Å². The summed E-state index contributed by atoms with van der Waals surface area (Å²) >= 11 is 0. The van der Waals surface area contributed by atoms with Crippen LogP contribution in [0.5, 0.6) is 0 Å². The number of carbonyl (C=O) groups is 1. The molecule has 0 radical (unpaired) electrons. The molecule has 2 rings (SSSR count). The van der Waals surface area contributed by atoms with Crippen molar-refractivity contribution in [3.05, 3.63) is 24.2 Å². The third kappa shape index (κ3) is 3.93. The van der Waals surface area contributed by atoms with Crippen LogP contribution in [0.25, 0.3) is 0 Å². The van der Waals surface area contributed by atoms with Crippen molar-refractivity contribution in [1.29, 1.82) is 0 Å². The summed E-state index contributed by atoms with van der Waals surface area (Å²) in [5.74, 6) is 2.42. The Hall–Kier alpha value is -1.09. The Morgan fingerprint density at radius 3 is 2.89 bits per heavy atom. The van der Waals surface area contributed by atoms with E-state index in [2.05, 4.69) is 18.7 Å². The van der Waals surface area contributed by atoms with Crippen molar-refractivity contribution in [2.45, 2.75) is 46.1 Å². The third-order valence-electron chi connectivity index (χ3n) is 4.33. The second kappa shape index (κ2) is 6.90. The summed E-state index contributed by atoms with van der Waals surface area (Å²) in [6.07, 6.45) is 5.86. The minimum Gasteiger partial charge on any atom is -0.468 e. The summed E-state index contributed by atoms with van der Waals surface area (Å²) in [6.45, 7) is 7.03. The van der Waals surface area contributed by atoms with Crippen molar-refractivity contribution in [1.82, 2.24) is 4.90 Å². The molecule has 1 aliphatic rings. The van der Waals surface area contributed by atoms with Crippen molar-refractivity contribution in [3.8, 4) is 0 Å². The van der Waals surface area contributed by atoms with Gasteiger partial charge < -0.3 is 4.42 Å². The molecular formula is C16H25NO2. The average molecular weight is 263 g/mol. The second-order valence-corrected chi connectivity index (χ2v) is 5.62. The fourth-order valence-electron chi connectivity index (χ4n) is 2.99. The van der Waals surface area contributed by atoms with Gasteiger partial charge in [0.25, 0.3) is 0 Å². The van der Waals surface area contributed by atoms with Gasteiger partial charge in [-0.15, -0.1) is 0 Å². The quantitative estimate of drug-likeness (QED) is 0.787. The standard InChI is InChI=1S/C16H25NO2/c1-3-13-7-8-16(18)14(10-13)11-17(4-2)12-15-6-5-9-19-15/h5-6,9,13-14H,3-4,7-8,10-12H2,1-2H3. The zero-order valence-electron chi connectivity index (χ0n) is 12.1. The zero-order chi connectivity index (χ0) is 13.7. The molecule has 1 aromatic heterocycles. The normalized spacial score (nSPS) is 24.1. The van der Waals surface area contributed by atoms with E-state index in [1.54, 1.807) is 6.26 Å². The van der Waals surface area contributed by atoms with Crippen LogP contribution in [0.15, 0.2) is 22.8 Å². The molecule has 3 nitrogen and oxygen atoms in total. The molecule has 0 aliphatic heterocycles. The van der Waals surface area contributed by atoms with E-state index < -0.39 is 0 Å². The molecule has 0 saturated heterocycles. The average Bonchev–Trinajstić information content (AvgIpc) is 2.93. The molecule has 0 bridgehead atoms. The van der Waals surface area contributed by atoms with Crippen LogP contribution >= 0.6 is 0 Å². The highest BCUT2D eigenvalue weighted by molar-refractivity contribution is 5.81. The molecule has 1 aliphatic carbocycles. The Kier molecular flexibility index (Phi) is 5.20. The first-order valence-electron chi connectivity index (χ1n) is 7.50. The molecule has 2 atom stereocenters. The number of carbonyl (C=O) groups excluding carboxylic acids is 1. The van der Waals surface area contributed by atoms with Gasteiger partial charge >= 0.3 is 0 Å². The maximum Gasteiger partial charge on any atom is 0.137 e. The van der Waals surface area contributed by atoms with Crippen LogP contribution in [0.2, 0.25) is 0 Å². The lowest BCUT2D eigenvalue weighted by atomic mass is 9.79. The molecule has 0 aromatic carbocycles. The topological polar surface area (TPSA) is 33.5 Å². The summed E-state index contributed by atoms with van der Waals surface area (Å²) < 4.78 is 5.40. The minimum absolute atomic E-state index is 0.230. The molecule has 19 heavy (non-hydrogen) atoms. The summed E-state index contributed by atoms with van der Waals surface area (Å²) in [7, 11) is 0. The zero-order valence-corrected chi connectivity index (χ0v) is 12.1. The highest BCUT2D eigenvalue weighted by atomic mass is 16.3. The molecule has 1 fully saturated rings. The van der Waals surface area contributed by atoms with Crippen LogP contribution in [0, 0.1) is 11.8 Å². The second-order valence-electron chi connectivity index (χ2n) is 5.62. The van der Waals surface area contributed by atoms with Crippen molar-refractivity contribution in [3.63, 3.8) is 0 Å². The Bertz CT molecular complexity index is 385. The van der Waals surface area contributed by atoms with Crippen molar-refractivity contribution in [2.75, 3.05) is 13.1 Å². The SMILES string of the molecule is CCC1CCC(=O)C(CN(CC)Cc2ccco2)C1. The third-order valence-corrected chi connectivity index (χ3v) is 4.33. The number of rotatable bonds is 6. The lowest BCUT2D eigenvalue weighted by molar-refractivity contribution is -0.126. The summed E-state index contributed by atoms with van der Waals surface area (Å²) in [6, 6.07) is 3.92. The molecule has 1 saturated carbocycles. The van der Waals surface area contributed by atoms with Gasteiger partial charge in [-0.05, 0) is 37.4 Å². The first-order valence-corrected chi connectivity index (χ1v) is 7.50. The van der Waals surface area contributed by atoms with E-state index in [0.29, 0.717) is 5.78 Å². The molecule has 0 amide bonds. The van der Waals surface area contributed by atoms with Crippen molar-refractivity contribution >= 4 is 5.78 Å². The van der Waals surface area contributed by atoms with Gasteiger partial charge in [-0.1, -0.05) is 20.3 Å². The molecule has 0 N–H and O–H groups in total. The van der Waals surface area contributed by atoms with Crippen LogP contribution in [-0.2, 0) is 11.3 Å². The number of nitrogens with zero attached hydrogens (tertiary/aromatic N) is 1. The minimum atomic E-state index is 0.230. The number of Topliss-reactive ketones (excluding diaryl/α,β-unsaturated/α-hetero) is 1. The van der Waals surface area contributed by atoms with Crippen LogP contribution in [0.1, 0.15) is 45.3 Å². The Labute approximate surface area is 116 Å². The molecule has 1 aromatic rings. The molecule has 2 unspecified atom stereocenters. The van der Waals surface area contributed by atoms with E-state index in [-0.39, 0.29) is 5.92 Å². The monoisotopic (exact) mass is 263 g/mol. The van der Waals surface area contributed by atoms with Gasteiger partial charge in [0.2, 0.25) is 0 Å². The Morgan fingerprint density at radius 2 is 2.26 bits per heavy atom. The number of furan rings is 1. The van der Waals surface area contributed by atoms with Crippen LogP contribution in [-0.4, -0.2) is 23.8 Å². The first-order chi connectivity index (χ1) is 9.22. The molecule has 1 heterocycles. The fourth-order valence-corrected chi connectivity index (χ4v) is 2.99. The summed E-state index contributed by atoms with van der Waals surface area (Å²) in [5.41, 5.74) is 0. The van der Waals surface area contributed by atoms with E-state index in [1.807, 2.05) is 12.1 Å². The van der Waals surface area contributed by atoms with E-state index in [1.165, 1.54) is 6.42 Å². The maximum absolute atomic E-state index is 12.1.